The average molecular weight is 546 g/mol. The smallest absolute Gasteiger partial charge is 0.407 e. The van der Waals surface area contributed by atoms with Crippen molar-refractivity contribution < 1.29 is 19.4 Å². The number of benzene rings is 1. The fourth-order valence-electron chi connectivity index (χ4n) is 5.06. The van der Waals surface area contributed by atoms with Crippen LogP contribution in [0.5, 0.6) is 0 Å². The Kier molecular flexibility index (Phi) is 7.83. The second kappa shape index (κ2) is 11.5. The molecule has 1 saturated heterocycles. The number of amides is 2. The first-order valence-electron chi connectivity index (χ1n) is 13.7. The summed E-state index contributed by atoms with van der Waals surface area (Å²) in [6, 6.07) is 6.10. The fraction of sp³-hybridized carbons (Fsp3) is 0.414. The standard InChI is InChI=1S/C29H35N7O4/c1-5-35(29(38)39)16-20-13-30-14-22(18(20)4)19-9-10-24-21(12-19)26(34-36(24)25-8-6-7-11-40-25)27-31-15-23(33-27)28(37)32-17(2)3/h9-10,12-15,17,25H,5-8,11,16H2,1-4H3,(H,31,33)(H,32,37)(H,38,39). The Morgan fingerprint density at radius 2 is 2.08 bits per heavy atom. The highest BCUT2D eigenvalue weighted by Gasteiger charge is 2.24. The van der Waals surface area contributed by atoms with Crippen LogP contribution in [0.3, 0.4) is 0 Å². The molecule has 4 heterocycles. The highest BCUT2D eigenvalue weighted by molar-refractivity contribution is 5.97. The molecule has 3 aromatic heterocycles. The summed E-state index contributed by atoms with van der Waals surface area (Å²) in [5, 5.41) is 18.2. The van der Waals surface area contributed by atoms with Gasteiger partial charge >= 0.3 is 6.09 Å². The number of hydrogen-bond donors (Lipinski definition) is 3. The summed E-state index contributed by atoms with van der Waals surface area (Å²) in [6.07, 6.45) is 6.85. The zero-order valence-corrected chi connectivity index (χ0v) is 23.3. The summed E-state index contributed by atoms with van der Waals surface area (Å²) >= 11 is 0. The molecule has 5 rings (SSSR count). The second-order valence-electron chi connectivity index (χ2n) is 10.4. The molecule has 1 fully saturated rings. The number of nitrogens with one attached hydrogen (secondary N) is 2. The normalized spacial score (nSPS) is 15.5. The van der Waals surface area contributed by atoms with Crippen LogP contribution in [0.2, 0.25) is 0 Å². The number of fused-ring (bicyclic) bond motifs is 1. The molecular weight excluding hydrogens is 510 g/mol. The number of aromatic amines is 1. The van der Waals surface area contributed by atoms with E-state index >= 15 is 0 Å². The zero-order chi connectivity index (χ0) is 28.4. The lowest BCUT2D eigenvalue weighted by Crippen LogP contribution is -2.30. The molecule has 1 atom stereocenters. The van der Waals surface area contributed by atoms with E-state index < -0.39 is 6.09 Å². The van der Waals surface area contributed by atoms with Gasteiger partial charge in [0.2, 0.25) is 0 Å². The van der Waals surface area contributed by atoms with E-state index in [1.54, 1.807) is 12.4 Å². The minimum absolute atomic E-state index is 0.00202. The highest BCUT2D eigenvalue weighted by Crippen LogP contribution is 2.35. The van der Waals surface area contributed by atoms with Crippen molar-refractivity contribution in [1.29, 1.82) is 0 Å². The van der Waals surface area contributed by atoms with Crippen molar-refractivity contribution in [3.05, 3.63) is 53.6 Å². The van der Waals surface area contributed by atoms with E-state index in [1.165, 1.54) is 11.1 Å². The van der Waals surface area contributed by atoms with Crippen molar-refractivity contribution in [3.63, 3.8) is 0 Å². The van der Waals surface area contributed by atoms with Crippen molar-refractivity contribution in [2.45, 2.75) is 65.8 Å². The first-order valence-corrected chi connectivity index (χ1v) is 13.7. The molecule has 1 unspecified atom stereocenters. The number of imidazole rings is 1. The molecule has 3 N–H and O–H groups in total. The molecule has 1 aliphatic heterocycles. The lowest BCUT2D eigenvalue weighted by Gasteiger charge is -2.23. The van der Waals surface area contributed by atoms with Gasteiger partial charge in [0.25, 0.3) is 5.91 Å². The minimum atomic E-state index is -0.962. The number of hydrogen-bond acceptors (Lipinski definition) is 6. The van der Waals surface area contributed by atoms with Crippen molar-refractivity contribution >= 4 is 22.9 Å². The van der Waals surface area contributed by atoms with Crippen LogP contribution in [0, 0.1) is 6.92 Å². The summed E-state index contributed by atoms with van der Waals surface area (Å²) in [6.45, 7) is 8.94. The van der Waals surface area contributed by atoms with Gasteiger partial charge in [-0.15, -0.1) is 0 Å². The Bertz CT molecular complexity index is 1530. The first-order chi connectivity index (χ1) is 19.3. The molecule has 0 radical (unpaired) electrons. The molecule has 0 aliphatic carbocycles. The summed E-state index contributed by atoms with van der Waals surface area (Å²) in [5.41, 5.74) is 5.53. The van der Waals surface area contributed by atoms with Gasteiger partial charge in [-0.2, -0.15) is 5.10 Å². The molecule has 0 saturated carbocycles. The maximum Gasteiger partial charge on any atom is 0.407 e. The number of nitrogens with zero attached hydrogens (tertiary/aromatic N) is 5. The predicted molar refractivity (Wildman–Crippen MR) is 151 cm³/mol. The Hall–Kier alpha value is -4.25. The quantitative estimate of drug-likeness (QED) is 0.279. The Morgan fingerprint density at radius 1 is 1.25 bits per heavy atom. The van der Waals surface area contributed by atoms with E-state index in [2.05, 4.69) is 26.3 Å². The lowest BCUT2D eigenvalue weighted by atomic mass is 9.97. The molecule has 0 spiro atoms. The molecule has 210 valence electrons. The van der Waals surface area contributed by atoms with Crippen LogP contribution in [0.4, 0.5) is 4.79 Å². The van der Waals surface area contributed by atoms with Gasteiger partial charge in [0, 0.05) is 42.5 Å². The summed E-state index contributed by atoms with van der Waals surface area (Å²) in [7, 11) is 0. The minimum Gasteiger partial charge on any atom is -0.465 e. The van der Waals surface area contributed by atoms with Gasteiger partial charge < -0.3 is 25.0 Å². The van der Waals surface area contributed by atoms with Crippen LogP contribution in [0.15, 0.2) is 36.8 Å². The fourth-order valence-corrected chi connectivity index (χ4v) is 5.06. The molecule has 11 heteroatoms. The van der Waals surface area contributed by atoms with E-state index in [1.807, 2.05) is 44.5 Å². The molecule has 0 bridgehead atoms. The molecule has 1 aliphatic rings. The summed E-state index contributed by atoms with van der Waals surface area (Å²) in [5.74, 6) is 0.268. The van der Waals surface area contributed by atoms with Crippen LogP contribution in [-0.2, 0) is 11.3 Å². The number of carboxylic acid groups (broad SMARTS) is 1. The monoisotopic (exact) mass is 545 g/mol. The van der Waals surface area contributed by atoms with E-state index in [4.69, 9.17) is 9.84 Å². The van der Waals surface area contributed by atoms with Crippen LogP contribution < -0.4 is 5.32 Å². The van der Waals surface area contributed by atoms with Crippen molar-refractivity contribution in [1.82, 2.24) is 34.9 Å². The lowest BCUT2D eigenvalue weighted by molar-refractivity contribution is -0.0365. The third kappa shape index (κ3) is 5.42. The number of pyridine rings is 1. The number of aromatic nitrogens is 5. The second-order valence-corrected chi connectivity index (χ2v) is 10.4. The third-order valence-corrected chi connectivity index (χ3v) is 7.24. The Balaban J connectivity index is 1.60. The van der Waals surface area contributed by atoms with E-state index in [-0.39, 0.29) is 24.7 Å². The van der Waals surface area contributed by atoms with E-state index in [0.29, 0.717) is 30.4 Å². The van der Waals surface area contributed by atoms with Crippen LogP contribution in [0.25, 0.3) is 33.5 Å². The van der Waals surface area contributed by atoms with Gasteiger partial charge in [-0.3, -0.25) is 9.78 Å². The van der Waals surface area contributed by atoms with Crippen LogP contribution in [-0.4, -0.2) is 65.9 Å². The molecule has 2 amide bonds. The van der Waals surface area contributed by atoms with Gasteiger partial charge in [0.15, 0.2) is 12.1 Å². The number of carbonyl (C=O) groups excluding carboxylic acids is 1. The molecule has 1 aromatic carbocycles. The van der Waals surface area contributed by atoms with Gasteiger partial charge in [-0.1, -0.05) is 6.07 Å². The number of H-pyrrole nitrogens is 1. The van der Waals surface area contributed by atoms with Crippen LogP contribution >= 0.6 is 0 Å². The third-order valence-electron chi connectivity index (χ3n) is 7.24. The maximum atomic E-state index is 12.6. The largest absolute Gasteiger partial charge is 0.465 e. The van der Waals surface area contributed by atoms with Crippen molar-refractivity contribution in [3.8, 4) is 22.6 Å². The summed E-state index contributed by atoms with van der Waals surface area (Å²) < 4.78 is 7.98. The van der Waals surface area contributed by atoms with E-state index in [9.17, 15) is 14.7 Å². The Morgan fingerprint density at radius 3 is 2.77 bits per heavy atom. The number of carbonyl (C=O) groups is 2. The van der Waals surface area contributed by atoms with Gasteiger partial charge in [-0.05, 0) is 75.8 Å². The number of ether oxygens (including phenoxy) is 1. The zero-order valence-electron chi connectivity index (χ0n) is 23.3. The van der Waals surface area contributed by atoms with Crippen LogP contribution in [0.1, 0.15) is 67.9 Å². The van der Waals surface area contributed by atoms with Gasteiger partial charge in [0.05, 0.1) is 18.3 Å². The maximum absolute atomic E-state index is 12.6. The topological polar surface area (TPSA) is 138 Å². The molecule has 11 nitrogen and oxygen atoms in total. The highest BCUT2D eigenvalue weighted by atomic mass is 16.5. The summed E-state index contributed by atoms with van der Waals surface area (Å²) in [4.78, 5) is 37.6. The van der Waals surface area contributed by atoms with Gasteiger partial charge in [-0.25, -0.2) is 14.5 Å². The number of rotatable bonds is 8. The molecular formula is C29H35N7O4. The predicted octanol–water partition coefficient (Wildman–Crippen LogP) is 5.13. The van der Waals surface area contributed by atoms with Crippen molar-refractivity contribution in [2.75, 3.05) is 13.2 Å². The first kappa shape index (κ1) is 27.3. The van der Waals surface area contributed by atoms with Gasteiger partial charge in [0.1, 0.15) is 11.4 Å². The average Bonchev–Trinajstić information content (AvgIpc) is 3.57. The Labute approximate surface area is 232 Å². The molecule has 40 heavy (non-hydrogen) atoms. The van der Waals surface area contributed by atoms with E-state index in [0.717, 1.165) is 52.4 Å². The SMILES string of the molecule is CCN(Cc1cncc(-c2ccc3c(c2)c(-c2ncc(C(=O)NC(C)C)[nH]2)nn3C2CCCCO2)c1C)C(=O)O. The molecule has 4 aromatic rings. The van der Waals surface area contributed by atoms with Crippen molar-refractivity contribution in [2.24, 2.45) is 0 Å².